The Morgan fingerprint density at radius 2 is 1.87 bits per heavy atom. The van der Waals surface area contributed by atoms with Gasteiger partial charge in [-0.15, -0.1) is 0 Å². The van der Waals surface area contributed by atoms with Crippen molar-refractivity contribution in [3.63, 3.8) is 0 Å². The molecule has 160 valence electrons. The van der Waals surface area contributed by atoms with Crippen molar-refractivity contribution in [1.82, 2.24) is 9.78 Å². The van der Waals surface area contributed by atoms with Crippen molar-refractivity contribution >= 4 is 30.0 Å². The first-order chi connectivity index (χ1) is 14.9. The molecule has 8 nitrogen and oxygen atoms in total. The first-order valence-electron chi connectivity index (χ1n) is 10.2. The lowest BCUT2D eigenvalue weighted by atomic mass is 9.87. The van der Waals surface area contributed by atoms with Crippen LogP contribution in [-0.2, 0) is 0 Å². The fourth-order valence-corrected chi connectivity index (χ4v) is 3.65. The van der Waals surface area contributed by atoms with Gasteiger partial charge < -0.3 is 10.4 Å². The normalized spacial score (nSPS) is 18.7. The maximum Gasteiger partial charge on any atom is 0.335 e. The van der Waals surface area contributed by atoms with E-state index >= 15 is 0 Å². The second-order valence-corrected chi connectivity index (χ2v) is 7.79. The summed E-state index contributed by atoms with van der Waals surface area (Å²) in [7, 11) is 0. The number of nitriles is 1. The number of allylic oxidation sites excluding steroid dienone is 1. The van der Waals surface area contributed by atoms with Gasteiger partial charge in [-0.1, -0.05) is 12.1 Å². The molecule has 1 aromatic heterocycles. The predicted octanol–water partition coefficient (Wildman–Crippen LogP) is 4.76. The summed E-state index contributed by atoms with van der Waals surface area (Å²) < 4.78 is 1.93. The van der Waals surface area contributed by atoms with E-state index in [1.165, 1.54) is 0 Å². The van der Waals surface area contributed by atoms with Crippen LogP contribution in [0.25, 0.3) is 5.70 Å². The molecule has 0 spiro atoms. The fourth-order valence-electron chi connectivity index (χ4n) is 3.65. The zero-order valence-electron chi connectivity index (χ0n) is 17.7. The standard InChI is InChI=1S/C23H26N6O2/c1-15(2)21(17-6-8-18(9-7-17)22(30)31)28-23(25-3)27-19-13-26-29(14-19)20-10-4-16(12-24)5-11-20/h6-9,13-14,16,20H,3-5,10-11H2,1-2H3,(H,27,28)(H,30,31)/t16-,20+. The molecule has 0 amide bonds. The molecule has 31 heavy (non-hydrogen) atoms. The van der Waals surface area contributed by atoms with E-state index in [1.54, 1.807) is 30.5 Å². The lowest BCUT2D eigenvalue weighted by Gasteiger charge is -2.24. The molecule has 0 aliphatic heterocycles. The van der Waals surface area contributed by atoms with Gasteiger partial charge >= 0.3 is 5.97 Å². The smallest absolute Gasteiger partial charge is 0.335 e. The Balaban J connectivity index is 1.76. The maximum atomic E-state index is 11.1. The van der Waals surface area contributed by atoms with Gasteiger partial charge in [0.15, 0.2) is 0 Å². The molecule has 2 N–H and O–H groups in total. The van der Waals surface area contributed by atoms with E-state index in [4.69, 9.17) is 10.4 Å². The van der Waals surface area contributed by atoms with Gasteiger partial charge in [-0.25, -0.2) is 14.8 Å². The van der Waals surface area contributed by atoms with Crippen molar-refractivity contribution in [2.75, 3.05) is 5.32 Å². The Bertz CT molecular complexity index is 1050. The molecular formula is C23H26N6O2. The van der Waals surface area contributed by atoms with Crippen LogP contribution in [0, 0.1) is 17.2 Å². The zero-order valence-corrected chi connectivity index (χ0v) is 17.7. The third-order valence-electron chi connectivity index (χ3n) is 5.36. The van der Waals surface area contributed by atoms with Gasteiger partial charge in [0.1, 0.15) is 0 Å². The van der Waals surface area contributed by atoms with Gasteiger partial charge in [0.25, 0.3) is 0 Å². The third-order valence-corrected chi connectivity index (χ3v) is 5.36. The number of carbonyl (C=O) groups is 1. The molecule has 0 saturated heterocycles. The molecule has 0 unspecified atom stereocenters. The summed E-state index contributed by atoms with van der Waals surface area (Å²) >= 11 is 0. The second kappa shape index (κ2) is 9.85. The largest absolute Gasteiger partial charge is 0.478 e. The number of rotatable bonds is 5. The van der Waals surface area contributed by atoms with E-state index in [0.29, 0.717) is 17.7 Å². The number of aromatic nitrogens is 2. The first-order valence-corrected chi connectivity index (χ1v) is 10.2. The quantitative estimate of drug-likeness (QED) is 0.537. The van der Waals surface area contributed by atoms with E-state index in [0.717, 1.165) is 42.5 Å². The molecule has 1 heterocycles. The molecule has 0 bridgehead atoms. The number of guanidine groups is 1. The van der Waals surface area contributed by atoms with Gasteiger partial charge in [0, 0.05) is 17.7 Å². The Labute approximate surface area is 181 Å². The minimum Gasteiger partial charge on any atom is -0.478 e. The molecule has 2 aromatic rings. The summed E-state index contributed by atoms with van der Waals surface area (Å²) in [6, 6.07) is 9.20. The van der Waals surface area contributed by atoms with Crippen LogP contribution in [0.2, 0.25) is 0 Å². The van der Waals surface area contributed by atoms with Crippen molar-refractivity contribution in [2.24, 2.45) is 15.9 Å². The highest BCUT2D eigenvalue weighted by atomic mass is 16.4. The minimum atomic E-state index is -0.970. The Morgan fingerprint density at radius 1 is 1.23 bits per heavy atom. The monoisotopic (exact) mass is 418 g/mol. The number of carboxylic acid groups (broad SMARTS) is 1. The van der Waals surface area contributed by atoms with Crippen molar-refractivity contribution in [3.05, 3.63) is 53.4 Å². The SMILES string of the molecule is C=N/C(=N\C(=C(C)C)c1ccc(C(=O)O)cc1)Nc1cnn([C@H]2CC[C@@H](C#N)CC2)c1. The van der Waals surface area contributed by atoms with E-state index < -0.39 is 5.97 Å². The number of hydrogen-bond acceptors (Lipinski definition) is 4. The number of nitrogens with one attached hydrogen (secondary N) is 1. The highest BCUT2D eigenvalue weighted by molar-refractivity contribution is 5.99. The average Bonchev–Trinajstić information content (AvgIpc) is 3.25. The summed E-state index contributed by atoms with van der Waals surface area (Å²) in [6.45, 7) is 7.48. The Hall–Kier alpha value is -3.73. The summed E-state index contributed by atoms with van der Waals surface area (Å²) in [5.74, 6) is -0.492. The molecule has 1 saturated carbocycles. The van der Waals surface area contributed by atoms with Crippen molar-refractivity contribution in [1.29, 1.82) is 5.26 Å². The van der Waals surface area contributed by atoms with Crippen LogP contribution in [0.5, 0.6) is 0 Å². The molecule has 0 atom stereocenters. The first kappa shape index (κ1) is 22.0. The number of hydrogen-bond donors (Lipinski definition) is 2. The number of aromatic carboxylic acids is 1. The third kappa shape index (κ3) is 5.45. The number of carboxylic acids is 1. The van der Waals surface area contributed by atoms with Crippen LogP contribution in [0.15, 0.2) is 52.2 Å². The minimum absolute atomic E-state index is 0.153. The summed E-state index contributed by atoms with van der Waals surface area (Å²) in [6.07, 6.45) is 7.32. The summed E-state index contributed by atoms with van der Waals surface area (Å²) in [5.41, 5.74) is 3.41. The van der Waals surface area contributed by atoms with E-state index in [1.807, 2.05) is 24.7 Å². The van der Waals surface area contributed by atoms with Gasteiger partial charge in [0.2, 0.25) is 5.96 Å². The molecule has 0 radical (unpaired) electrons. The molecule has 1 aromatic carbocycles. The molecule has 8 heteroatoms. The lowest BCUT2D eigenvalue weighted by Crippen LogP contribution is -2.17. The fraction of sp³-hybridized carbons (Fsp3) is 0.348. The Morgan fingerprint density at radius 3 is 2.42 bits per heavy atom. The number of anilines is 1. The van der Waals surface area contributed by atoms with Crippen molar-refractivity contribution in [2.45, 2.75) is 45.6 Å². The van der Waals surface area contributed by atoms with Crippen LogP contribution in [-0.4, -0.2) is 33.5 Å². The van der Waals surface area contributed by atoms with Crippen LogP contribution < -0.4 is 5.32 Å². The van der Waals surface area contributed by atoms with Gasteiger partial charge in [-0.2, -0.15) is 10.4 Å². The number of nitrogens with zero attached hydrogens (tertiary/aromatic N) is 5. The molecule has 1 aliphatic carbocycles. The van der Waals surface area contributed by atoms with Crippen LogP contribution in [0.3, 0.4) is 0 Å². The number of benzene rings is 1. The highest BCUT2D eigenvalue weighted by Gasteiger charge is 2.22. The summed E-state index contributed by atoms with van der Waals surface area (Å²) in [5, 5.41) is 25.8. The Kier molecular flexibility index (Phi) is 6.98. The predicted molar refractivity (Wildman–Crippen MR) is 121 cm³/mol. The van der Waals surface area contributed by atoms with Gasteiger partial charge in [-0.05, 0) is 64.0 Å². The molecule has 1 fully saturated rings. The topological polar surface area (TPSA) is 116 Å². The second-order valence-electron chi connectivity index (χ2n) is 7.79. The van der Waals surface area contributed by atoms with E-state index in [9.17, 15) is 4.79 Å². The molecule has 3 rings (SSSR count). The van der Waals surface area contributed by atoms with E-state index in [-0.39, 0.29) is 11.5 Å². The molecular weight excluding hydrogens is 392 g/mol. The van der Waals surface area contributed by atoms with Crippen LogP contribution >= 0.6 is 0 Å². The zero-order chi connectivity index (χ0) is 22.4. The van der Waals surface area contributed by atoms with Crippen LogP contribution in [0.1, 0.15) is 61.5 Å². The maximum absolute atomic E-state index is 11.1. The lowest BCUT2D eigenvalue weighted by molar-refractivity contribution is 0.0697. The summed E-state index contributed by atoms with van der Waals surface area (Å²) in [4.78, 5) is 19.7. The number of aliphatic imine (C=N–C) groups is 2. The average molecular weight is 419 g/mol. The van der Waals surface area contributed by atoms with Gasteiger partial charge in [0.05, 0.1) is 35.3 Å². The van der Waals surface area contributed by atoms with Crippen LogP contribution in [0.4, 0.5) is 5.69 Å². The molecule has 1 aliphatic rings. The van der Waals surface area contributed by atoms with E-state index in [2.05, 4.69) is 33.2 Å². The highest BCUT2D eigenvalue weighted by Crippen LogP contribution is 2.32. The van der Waals surface area contributed by atoms with Gasteiger partial charge in [-0.3, -0.25) is 4.68 Å². The van der Waals surface area contributed by atoms with Crippen molar-refractivity contribution < 1.29 is 9.90 Å². The van der Waals surface area contributed by atoms with Crippen molar-refractivity contribution in [3.8, 4) is 6.07 Å².